The molecular weight excluding hydrogens is 674 g/mol. The Morgan fingerprint density at radius 1 is 1.04 bits per heavy atom. The van der Waals surface area contributed by atoms with Gasteiger partial charge in [0.25, 0.3) is 0 Å². The second-order valence-electron chi connectivity index (χ2n) is 14.2. The fourth-order valence-electron chi connectivity index (χ4n) is 6.70. The lowest BCUT2D eigenvalue weighted by molar-refractivity contribution is -0.142. The highest BCUT2D eigenvalue weighted by molar-refractivity contribution is 6.31. The number of nitrogens with zero attached hydrogens (tertiary/aromatic N) is 2. The molecule has 7 N–H and O–H groups in total. The maximum Gasteiger partial charge on any atom is 0.237 e. The summed E-state index contributed by atoms with van der Waals surface area (Å²) < 4.78 is 6.27. The van der Waals surface area contributed by atoms with Gasteiger partial charge in [0.1, 0.15) is 30.2 Å². The molecule has 1 aromatic heterocycles. The van der Waals surface area contributed by atoms with E-state index in [0.717, 1.165) is 65.9 Å². The molecule has 51 heavy (non-hydrogen) atoms. The summed E-state index contributed by atoms with van der Waals surface area (Å²) in [6.07, 6.45) is 4.35. The van der Waals surface area contributed by atoms with Gasteiger partial charge in [-0.15, -0.1) is 0 Å². The molecule has 0 spiro atoms. The highest BCUT2D eigenvalue weighted by Gasteiger charge is 2.45. The van der Waals surface area contributed by atoms with Crippen molar-refractivity contribution in [2.75, 3.05) is 19.7 Å². The Morgan fingerprint density at radius 2 is 1.76 bits per heavy atom. The molecule has 0 radical (unpaired) electrons. The smallest absolute Gasteiger partial charge is 0.237 e. The van der Waals surface area contributed by atoms with Crippen molar-refractivity contribution in [2.24, 2.45) is 5.73 Å². The van der Waals surface area contributed by atoms with Crippen LogP contribution in [-0.2, 0) is 21.4 Å². The van der Waals surface area contributed by atoms with Gasteiger partial charge in [-0.2, -0.15) is 0 Å². The molecule has 2 aromatic carbocycles. The average molecular weight is 724 g/mol. The number of aliphatic hydroxyl groups is 5. The number of pyridine rings is 1. The summed E-state index contributed by atoms with van der Waals surface area (Å²) >= 11 is 6.73. The third kappa shape index (κ3) is 10.1. The Balaban J connectivity index is 1.19. The Labute approximate surface area is 304 Å². The first kappa shape index (κ1) is 38.6. The molecule has 276 valence electrons. The van der Waals surface area contributed by atoms with Crippen LogP contribution in [0.3, 0.4) is 0 Å². The third-order valence-corrected chi connectivity index (χ3v) is 10.6. The molecular formula is C39H50ClN3O8. The van der Waals surface area contributed by atoms with Crippen molar-refractivity contribution < 1.29 is 39.9 Å². The number of aromatic nitrogens is 1. The predicted molar refractivity (Wildman–Crippen MR) is 193 cm³/mol. The van der Waals surface area contributed by atoms with Crippen molar-refractivity contribution in [2.45, 2.75) is 107 Å². The number of aliphatic hydroxyl groups excluding tert-OH is 5. The van der Waals surface area contributed by atoms with Gasteiger partial charge in [-0.3, -0.25) is 14.6 Å². The highest BCUT2D eigenvalue weighted by Crippen LogP contribution is 2.55. The van der Waals surface area contributed by atoms with Gasteiger partial charge in [-0.25, -0.2) is 0 Å². The first-order valence-electron chi connectivity index (χ1n) is 17.8. The van der Waals surface area contributed by atoms with Crippen molar-refractivity contribution >= 4 is 23.4 Å². The number of carbonyl (C=O) groups is 2. The van der Waals surface area contributed by atoms with Crippen LogP contribution in [0, 0.1) is 0 Å². The number of para-hydroxylation sites is 1. The number of carbonyl (C=O) groups excluding carboxylic acids is 2. The second kappa shape index (κ2) is 17.3. The molecule has 2 aliphatic rings. The zero-order valence-electron chi connectivity index (χ0n) is 29.0. The quantitative estimate of drug-likeness (QED) is 0.101. The Bertz CT molecular complexity index is 1650. The SMILES string of the molecule is CC(CCCC(=O)N(CC(N)=O)C[C@H](O)[C@@H](O)[C@H](O)[C@H](O)CO)c1ccc(Cl)c(CCC2(c3cnccc3-c3ccccc3OC3CC3)CC2)c1. The molecule has 0 bridgehead atoms. The van der Waals surface area contributed by atoms with Crippen LogP contribution in [0.1, 0.15) is 80.9 Å². The Morgan fingerprint density at radius 3 is 2.45 bits per heavy atom. The van der Waals surface area contributed by atoms with Crippen LogP contribution in [0.5, 0.6) is 5.75 Å². The zero-order valence-corrected chi connectivity index (χ0v) is 29.8. The summed E-state index contributed by atoms with van der Waals surface area (Å²) in [7, 11) is 0. The van der Waals surface area contributed by atoms with E-state index in [1.165, 1.54) is 11.1 Å². The number of primary amides is 1. The molecule has 12 heteroatoms. The molecule has 5 rings (SSSR count). The van der Waals surface area contributed by atoms with Crippen LogP contribution >= 0.6 is 11.6 Å². The van der Waals surface area contributed by atoms with Crippen LogP contribution < -0.4 is 10.5 Å². The molecule has 1 unspecified atom stereocenters. The summed E-state index contributed by atoms with van der Waals surface area (Å²) in [4.78, 5) is 30.3. The van der Waals surface area contributed by atoms with Crippen molar-refractivity contribution in [3.05, 3.63) is 82.6 Å². The van der Waals surface area contributed by atoms with Gasteiger partial charge >= 0.3 is 0 Å². The predicted octanol–water partition coefficient (Wildman–Crippen LogP) is 3.63. The maximum atomic E-state index is 13.0. The summed E-state index contributed by atoms with van der Waals surface area (Å²) in [6.45, 7) is 0.274. The molecule has 0 aliphatic heterocycles. The summed E-state index contributed by atoms with van der Waals surface area (Å²) in [5.74, 6) is -0.235. The van der Waals surface area contributed by atoms with Crippen molar-refractivity contribution in [3.63, 3.8) is 0 Å². The second-order valence-corrected chi connectivity index (χ2v) is 14.6. The summed E-state index contributed by atoms with van der Waals surface area (Å²) in [5, 5.41) is 49.8. The fourth-order valence-corrected chi connectivity index (χ4v) is 6.92. The minimum absolute atomic E-state index is 0.0126. The minimum Gasteiger partial charge on any atom is -0.490 e. The molecule has 0 saturated heterocycles. The number of aryl methyl sites for hydroxylation is 1. The normalized spacial score (nSPS) is 17.9. The van der Waals surface area contributed by atoms with Crippen LogP contribution in [0.15, 0.2) is 60.9 Å². The van der Waals surface area contributed by atoms with Crippen LogP contribution in [0.4, 0.5) is 0 Å². The van der Waals surface area contributed by atoms with Gasteiger partial charge in [-0.1, -0.05) is 48.9 Å². The highest BCUT2D eigenvalue weighted by atomic mass is 35.5. The summed E-state index contributed by atoms with van der Waals surface area (Å²) in [5.41, 5.74) is 11.0. The minimum atomic E-state index is -1.86. The third-order valence-electron chi connectivity index (χ3n) is 10.2. The van der Waals surface area contributed by atoms with Crippen LogP contribution in [0.2, 0.25) is 5.02 Å². The number of amides is 2. The zero-order chi connectivity index (χ0) is 36.7. The molecule has 2 aliphatic carbocycles. The van der Waals surface area contributed by atoms with Gasteiger partial charge in [0.05, 0.1) is 19.3 Å². The number of hydrogen-bond donors (Lipinski definition) is 6. The van der Waals surface area contributed by atoms with E-state index >= 15 is 0 Å². The number of hydrogen-bond acceptors (Lipinski definition) is 9. The van der Waals surface area contributed by atoms with Gasteiger partial charge in [0, 0.05) is 35.9 Å². The first-order chi connectivity index (χ1) is 24.4. The van der Waals surface area contributed by atoms with E-state index in [1.54, 1.807) is 0 Å². The fraction of sp³-hybridized carbons (Fsp3) is 0.513. The standard InChI is InChI=1S/C39H50ClN3O8/c1-24(5-4-8-36(48)43(22-35(41)47)21-32(45)37(49)38(50)33(46)23-44)25-9-12-31(40)26(19-25)13-15-39(16-17-39)30-20-42-18-14-28(30)29-6-2-3-7-34(29)51-27-10-11-27/h2-3,6-7,9,12,14,18-20,24,27,32-33,37-38,44-46,49-50H,4-5,8,10-11,13,15-17,21-23H2,1H3,(H2,41,47)/t24?,32-,33+,37+,38+/m0/s1. The van der Waals surface area contributed by atoms with Gasteiger partial charge in [0.2, 0.25) is 11.8 Å². The molecule has 2 fully saturated rings. The topological polar surface area (TPSA) is 187 Å². The average Bonchev–Trinajstić information content (AvgIpc) is 4.07. The Hall–Kier alpha value is -3.58. The number of benzene rings is 2. The van der Waals surface area contributed by atoms with Crippen LogP contribution in [-0.4, -0.2) is 97.4 Å². The van der Waals surface area contributed by atoms with E-state index in [1.807, 2.05) is 36.7 Å². The number of rotatable bonds is 20. The van der Waals surface area contributed by atoms with Crippen molar-refractivity contribution in [1.29, 1.82) is 0 Å². The van der Waals surface area contributed by atoms with E-state index in [0.29, 0.717) is 24.0 Å². The van der Waals surface area contributed by atoms with E-state index in [2.05, 4.69) is 36.2 Å². The molecule has 2 saturated carbocycles. The lowest BCUT2D eigenvalue weighted by Gasteiger charge is -2.30. The molecule has 2 amide bonds. The molecule has 11 nitrogen and oxygen atoms in total. The number of halogens is 1. The monoisotopic (exact) mass is 723 g/mol. The lowest BCUT2D eigenvalue weighted by Crippen LogP contribution is -2.51. The van der Waals surface area contributed by atoms with Gasteiger partial charge in [0.15, 0.2) is 0 Å². The molecule has 3 aromatic rings. The van der Waals surface area contributed by atoms with E-state index < -0.39 is 55.9 Å². The summed E-state index contributed by atoms with van der Waals surface area (Å²) in [6, 6.07) is 16.4. The van der Waals surface area contributed by atoms with Crippen LogP contribution in [0.25, 0.3) is 11.1 Å². The van der Waals surface area contributed by atoms with Gasteiger partial charge in [-0.05, 0) is 103 Å². The van der Waals surface area contributed by atoms with Gasteiger partial charge < -0.3 is 40.9 Å². The Kier molecular flexibility index (Phi) is 13.1. The van der Waals surface area contributed by atoms with E-state index in [9.17, 15) is 30.0 Å². The number of nitrogens with two attached hydrogens (primary N) is 1. The van der Waals surface area contributed by atoms with Crippen molar-refractivity contribution in [3.8, 4) is 16.9 Å². The number of ether oxygens (including phenoxy) is 1. The first-order valence-corrected chi connectivity index (χ1v) is 18.2. The molecule has 5 atom stereocenters. The lowest BCUT2D eigenvalue weighted by atomic mass is 9.84. The molecule has 1 heterocycles. The van der Waals surface area contributed by atoms with Crippen molar-refractivity contribution in [1.82, 2.24) is 9.88 Å². The largest absolute Gasteiger partial charge is 0.490 e. The maximum absolute atomic E-state index is 13.0. The van der Waals surface area contributed by atoms with E-state index in [4.69, 9.17) is 27.2 Å². The van der Waals surface area contributed by atoms with E-state index in [-0.39, 0.29) is 17.8 Å².